The van der Waals surface area contributed by atoms with E-state index >= 15 is 0 Å². The first kappa shape index (κ1) is 16.5. The molecule has 56 valence electrons. The Balaban J connectivity index is -0.000000245. The second-order valence-corrected chi connectivity index (χ2v) is 1.29. The number of carboxylic acid groups (broad SMARTS) is 2. The summed E-state index contributed by atoms with van der Waals surface area (Å²) in [5.74, 6) is -2.15. The first-order valence-corrected chi connectivity index (χ1v) is 2.06. The fourth-order valence-electron chi connectivity index (χ4n) is 0.214. The minimum atomic E-state index is -1.08. The Morgan fingerprint density at radius 2 is 1.20 bits per heavy atom. The van der Waals surface area contributed by atoms with E-state index in [4.69, 9.17) is 10.2 Å². The molecule has 0 rings (SSSR count). The summed E-state index contributed by atoms with van der Waals surface area (Å²) in [5, 5.41) is 15.8. The quantitative estimate of drug-likeness (QED) is 0.563. The molecule has 0 heterocycles. The van der Waals surface area contributed by atoms with Crippen LogP contribution >= 0.6 is 0 Å². The summed E-state index contributed by atoms with van der Waals surface area (Å²) in [6, 6.07) is 0. The van der Waals surface area contributed by atoms with Crippen LogP contribution in [-0.2, 0) is 9.59 Å². The van der Waals surface area contributed by atoms with Crippen molar-refractivity contribution in [3.63, 3.8) is 0 Å². The van der Waals surface area contributed by atoms with Gasteiger partial charge in [-0.2, -0.15) is 0 Å². The van der Waals surface area contributed by atoms with Crippen molar-refractivity contribution in [1.82, 2.24) is 0 Å². The van der Waals surface area contributed by atoms with Crippen molar-refractivity contribution in [2.75, 3.05) is 0 Å². The van der Waals surface area contributed by atoms with Crippen LogP contribution in [-0.4, -0.2) is 51.7 Å². The van der Waals surface area contributed by atoms with Crippen LogP contribution < -0.4 is 0 Å². The van der Waals surface area contributed by atoms with E-state index in [1.807, 2.05) is 0 Å². The molecule has 0 aromatic rings. The monoisotopic (exact) mass is 158 g/mol. The van der Waals surface area contributed by atoms with E-state index in [2.05, 4.69) is 0 Å². The van der Waals surface area contributed by atoms with Crippen LogP contribution in [0.1, 0.15) is 20.3 Å². The predicted molar refractivity (Wildman–Crippen MR) is 38.4 cm³/mol. The Kier molecular flexibility index (Phi) is 14.7. The first-order chi connectivity index (χ1) is 3.63. The van der Waals surface area contributed by atoms with Gasteiger partial charge in [0.15, 0.2) is 0 Å². The first-order valence-electron chi connectivity index (χ1n) is 2.06. The van der Waals surface area contributed by atoms with Crippen LogP contribution in [0.25, 0.3) is 0 Å². The molecule has 0 aliphatic rings. The zero-order chi connectivity index (χ0) is 6.57. The van der Waals surface area contributed by atoms with E-state index in [9.17, 15) is 9.59 Å². The molecule has 0 fully saturated rings. The molecule has 2 N–H and O–H groups in total. The summed E-state index contributed by atoms with van der Waals surface area (Å²) < 4.78 is 0. The van der Waals surface area contributed by atoms with Gasteiger partial charge in [-0.05, 0) is 0 Å². The molecule has 0 aromatic carbocycles. The molecule has 5 heteroatoms. The predicted octanol–water partition coefficient (Wildman–Crippen LogP) is -0.0766. The maximum absolute atomic E-state index is 9.64. The van der Waals surface area contributed by atoms with Crippen molar-refractivity contribution in [3.8, 4) is 0 Å². The van der Waals surface area contributed by atoms with Gasteiger partial charge < -0.3 is 10.2 Å². The van der Waals surface area contributed by atoms with Crippen molar-refractivity contribution in [2.24, 2.45) is 0 Å². The summed E-state index contributed by atoms with van der Waals surface area (Å²) in [4.78, 5) is 19.3. The molecule has 10 heavy (non-hydrogen) atoms. The van der Waals surface area contributed by atoms with Gasteiger partial charge in [0.05, 0.1) is 12.8 Å². The van der Waals surface area contributed by atoms with Crippen molar-refractivity contribution in [1.29, 1.82) is 0 Å². The van der Waals surface area contributed by atoms with Crippen molar-refractivity contribution in [3.05, 3.63) is 0 Å². The number of carbonyl (C=O) groups is 2. The van der Waals surface area contributed by atoms with Gasteiger partial charge in [-0.1, -0.05) is 7.43 Å². The molecule has 0 atom stereocenters. The van der Waals surface area contributed by atoms with E-state index in [0.29, 0.717) is 0 Å². The van der Waals surface area contributed by atoms with E-state index in [0.717, 1.165) is 0 Å². The number of aliphatic carboxylic acids is 2. The number of rotatable bonds is 3. The van der Waals surface area contributed by atoms with Crippen molar-refractivity contribution < 1.29 is 19.8 Å². The van der Waals surface area contributed by atoms with Crippen LogP contribution in [0, 0.1) is 0 Å². The Bertz CT molecular complexity index is 98.2. The van der Waals surface area contributed by atoms with E-state index in [-0.39, 0.29) is 49.8 Å². The molecular formula is C5H11NaO4. The third-order valence-electron chi connectivity index (χ3n) is 0.553. The SMILES string of the molecule is C.O=C(O)CCC(=O)O.[NaH]. The van der Waals surface area contributed by atoms with Crippen LogP contribution in [0.15, 0.2) is 0 Å². The second kappa shape index (κ2) is 8.94. The van der Waals surface area contributed by atoms with Crippen LogP contribution in [0.3, 0.4) is 0 Å². The minimum absolute atomic E-state index is 0. The standard InChI is InChI=1S/C4H6O4.CH4.Na.H/c5-3(6)1-2-4(7)8;;;/h1-2H2,(H,5,6)(H,7,8);1H4;;. The normalized spacial score (nSPS) is 6.80. The van der Waals surface area contributed by atoms with Gasteiger partial charge in [0, 0.05) is 0 Å². The van der Waals surface area contributed by atoms with Gasteiger partial charge in [-0.25, -0.2) is 0 Å². The summed E-state index contributed by atoms with van der Waals surface area (Å²) >= 11 is 0. The molecule has 4 nitrogen and oxygen atoms in total. The van der Waals surface area contributed by atoms with Gasteiger partial charge in [0.1, 0.15) is 0 Å². The van der Waals surface area contributed by atoms with Gasteiger partial charge in [-0.15, -0.1) is 0 Å². The van der Waals surface area contributed by atoms with E-state index < -0.39 is 11.9 Å². The molecular weight excluding hydrogens is 147 g/mol. The maximum atomic E-state index is 9.64. The number of hydrogen-bond acceptors (Lipinski definition) is 2. The zero-order valence-corrected chi connectivity index (χ0v) is 4.13. The van der Waals surface area contributed by atoms with Crippen LogP contribution in [0.5, 0.6) is 0 Å². The molecule has 0 unspecified atom stereocenters. The van der Waals surface area contributed by atoms with Gasteiger partial charge in [0.25, 0.3) is 0 Å². The third-order valence-corrected chi connectivity index (χ3v) is 0.553. The molecule has 0 amide bonds. The molecule has 0 aliphatic carbocycles. The van der Waals surface area contributed by atoms with Gasteiger partial charge in [-0.3, -0.25) is 9.59 Å². The summed E-state index contributed by atoms with van der Waals surface area (Å²) in [5.41, 5.74) is 0. The fourth-order valence-corrected chi connectivity index (χ4v) is 0.214. The second-order valence-electron chi connectivity index (χ2n) is 1.29. The Hall–Kier alpha value is -0.0600. The van der Waals surface area contributed by atoms with E-state index in [1.165, 1.54) is 0 Å². The van der Waals surface area contributed by atoms with Crippen molar-refractivity contribution in [2.45, 2.75) is 20.3 Å². The summed E-state index contributed by atoms with van der Waals surface area (Å²) in [6.45, 7) is 0. The summed E-state index contributed by atoms with van der Waals surface area (Å²) in [7, 11) is 0. The van der Waals surface area contributed by atoms with E-state index in [1.54, 1.807) is 0 Å². The molecule has 0 aliphatic heterocycles. The van der Waals surface area contributed by atoms with Gasteiger partial charge in [0.2, 0.25) is 0 Å². The summed E-state index contributed by atoms with van der Waals surface area (Å²) in [6.07, 6.45) is -0.593. The third kappa shape index (κ3) is 15.7. The molecule has 0 aromatic heterocycles. The number of hydrogen-bond donors (Lipinski definition) is 2. The molecule has 0 saturated heterocycles. The van der Waals surface area contributed by atoms with Gasteiger partial charge >= 0.3 is 41.5 Å². The molecule has 0 saturated carbocycles. The number of carboxylic acids is 2. The molecule has 0 bridgehead atoms. The Morgan fingerprint density at radius 1 is 1.00 bits per heavy atom. The molecule has 0 radical (unpaired) electrons. The van der Waals surface area contributed by atoms with Crippen molar-refractivity contribution >= 4 is 41.5 Å². The molecule has 0 spiro atoms. The fraction of sp³-hybridized carbons (Fsp3) is 0.600. The Labute approximate surface area is 81.5 Å². The topological polar surface area (TPSA) is 74.6 Å². The average Bonchev–Trinajstić information content (AvgIpc) is 1.61. The average molecular weight is 158 g/mol. The van der Waals surface area contributed by atoms with Crippen LogP contribution in [0.4, 0.5) is 0 Å². The Morgan fingerprint density at radius 3 is 1.30 bits per heavy atom. The van der Waals surface area contributed by atoms with Crippen LogP contribution in [0.2, 0.25) is 0 Å². The zero-order valence-electron chi connectivity index (χ0n) is 4.13.